The van der Waals surface area contributed by atoms with Gasteiger partial charge in [-0.05, 0) is 0 Å². The summed E-state index contributed by atoms with van der Waals surface area (Å²) >= 11 is 0. The van der Waals surface area contributed by atoms with E-state index in [0.717, 1.165) is 0 Å². The summed E-state index contributed by atoms with van der Waals surface area (Å²) in [5.74, 6) is -6.50. The molecule has 0 unspecified atom stereocenters. The summed E-state index contributed by atoms with van der Waals surface area (Å²) in [5, 5.41) is 73.5. The number of esters is 2. The Morgan fingerprint density at radius 1 is 0.840 bits per heavy atom. The normalized spacial score (nSPS) is 24.8. The number of carbonyl (C=O) groups is 2. The zero-order valence-corrected chi connectivity index (χ0v) is 13.1. The summed E-state index contributed by atoms with van der Waals surface area (Å²) in [6.07, 6.45) is -5.76. The molecule has 0 aromatic heterocycles. The molecule has 12 nitrogen and oxygen atoms in total. The van der Waals surface area contributed by atoms with Crippen LogP contribution in [0.4, 0.5) is 0 Å². The average Bonchev–Trinajstić information content (AvgIpc) is 2.98. The summed E-state index contributed by atoms with van der Waals surface area (Å²) in [7, 11) is 0. The van der Waals surface area contributed by atoms with Crippen LogP contribution in [0.5, 0.6) is 0 Å². The zero-order valence-electron chi connectivity index (χ0n) is 12.2. The van der Waals surface area contributed by atoms with Gasteiger partial charge in [-0.15, -0.1) is 0 Å². The minimum atomic E-state index is -1.46. The van der Waals surface area contributed by atoms with E-state index in [1.165, 1.54) is 0 Å². The quantitative estimate of drug-likeness (QED) is 0.188. The van der Waals surface area contributed by atoms with Crippen LogP contribution in [-0.2, 0) is 36.1 Å². The van der Waals surface area contributed by atoms with E-state index in [-0.39, 0.29) is 17.1 Å². The molecule has 2 aliphatic heterocycles. The Morgan fingerprint density at radius 3 is 1.28 bits per heavy atom. The fraction of sp³-hybridized carbons (Fsp3) is 0.500. The van der Waals surface area contributed by atoms with Gasteiger partial charge in [0, 0.05) is 11.5 Å². The molecule has 0 aromatic carbocycles. The second kappa shape index (κ2) is 9.46. The largest absolute Gasteiger partial charge is 2.00 e. The van der Waals surface area contributed by atoms with Crippen molar-refractivity contribution in [2.24, 2.45) is 0 Å². The van der Waals surface area contributed by atoms with Gasteiger partial charge in [-0.1, -0.05) is 0 Å². The van der Waals surface area contributed by atoms with Crippen LogP contribution in [0.2, 0.25) is 0 Å². The molecule has 0 saturated heterocycles. The van der Waals surface area contributed by atoms with E-state index >= 15 is 0 Å². The van der Waals surface area contributed by atoms with Crippen molar-refractivity contribution in [3.05, 3.63) is 23.0 Å². The first-order valence-corrected chi connectivity index (χ1v) is 6.35. The number of carbonyl (C=O) groups excluding carboxylic acids is 2. The molecule has 25 heavy (non-hydrogen) atoms. The van der Waals surface area contributed by atoms with E-state index in [4.69, 9.17) is 30.6 Å². The maximum Gasteiger partial charge on any atom is 2.00 e. The van der Waals surface area contributed by atoms with Crippen molar-refractivity contribution >= 4 is 11.9 Å². The maximum absolute atomic E-state index is 10.6. The molecule has 0 fully saturated rings. The predicted molar refractivity (Wildman–Crippen MR) is 65.3 cm³/mol. The van der Waals surface area contributed by atoms with Crippen molar-refractivity contribution in [1.82, 2.24) is 0 Å². The Balaban J connectivity index is 0.000000443. The number of hydrogen-bond acceptors (Lipinski definition) is 12. The van der Waals surface area contributed by atoms with Gasteiger partial charge in [0.15, 0.2) is 12.2 Å². The second-order valence-corrected chi connectivity index (χ2v) is 4.58. The van der Waals surface area contributed by atoms with Gasteiger partial charge in [-0.2, -0.15) is 0 Å². The van der Waals surface area contributed by atoms with Crippen LogP contribution in [0.3, 0.4) is 0 Å². The van der Waals surface area contributed by atoms with Gasteiger partial charge >= 0.3 is 29.0 Å². The average molecular weight is 414 g/mol. The Hall–Kier alpha value is -2.02. The molecule has 2 heterocycles. The standard InChI is InChI=1S/2C6H8O6.Cu/c2*7-1-2(8)5-3(9)4(10)6(11)12-5;/h2*2,5,7-10H,1H2;/q;;+2/p-2/t2*2-,5+;/m00./s1. The van der Waals surface area contributed by atoms with E-state index in [0.29, 0.717) is 0 Å². The Kier molecular flexibility index (Phi) is 8.69. The molecule has 6 N–H and O–H groups in total. The van der Waals surface area contributed by atoms with Crippen molar-refractivity contribution in [3.63, 3.8) is 0 Å². The van der Waals surface area contributed by atoms with Crippen molar-refractivity contribution in [2.75, 3.05) is 13.2 Å². The fourth-order valence-electron chi connectivity index (χ4n) is 1.63. The Labute approximate surface area is 150 Å². The molecule has 4 atom stereocenters. The number of ether oxygens (including phenoxy) is 2. The third-order valence-electron chi connectivity index (χ3n) is 2.92. The van der Waals surface area contributed by atoms with Gasteiger partial charge in [0.1, 0.15) is 23.7 Å². The monoisotopic (exact) mass is 413 g/mol. The van der Waals surface area contributed by atoms with Gasteiger partial charge < -0.3 is 50.3 Å². The summed E-state index contributed by atoms with van der Waals surface area (Å²) in [4.78, 5) is 20.9. The fourth-order valence-corrected chi connectivity index (χ4v) is 1.63. The van der Waals surface area contributed by atoms with E-state index in [9.17, 15) is 19.8 Å². The van der Waals surface area contributed by atoms with Crippen LogP contribution in [0.15, 0.2) is 23.0 Å². The molecule has 13 heteroatoms. The third kappa shape index (κ3) is 4.98. The van der Waals surface area contributed by atoms with Crippen LogP contribution >= 0.6 is 0 Å². The van der Waals surface area contributed by atoms with Crippen LogP contribution in [0, 0.1) is 0 Å². The predicted octanol–water partition coefficient (Wildman–Crippen LogP) is -5.21. The minimum absolute atomic E-state index is 0. The van der Waals surface area contributed by atoms with Gasteiger partial charge in [-0.25, -0.2) is 9.59 Å². The molecule has 0 spiro atoms. The SMILES string of the molecule is O=C1O[C@H]([C@@H](O)CO)C(O)=C1[O-].O=C1O[C@H]([C@@H](O)CO)C(O)=C1[O-].[Cu+2]. The Bertz CT molecular complexity index is 520. The summed E-state index contributed by atoms with van der Waals surface area (Å²) in [6.45, 7) is -1.40. The summed E-state index contributed by atoms with van der Waals surface area (Å²) in [6, 6.07) is 0. The topological polar surface area (TPSA) is 220 Å². The van der Waals surface area contributed by atoms with Gasteiger partial charge in [0.05, 0.1) is 13.2 Å². The van der Waals surface area contributed by atoms with Crippen LogP contribution in [0.25, 0.3) is 0 Å². The molecular formula is C12H14CuO12. The van der Waals surface area contributed by atoms with Crippen LogP contribution in [-0.4, -0.2) is 80.2 Å². The first-order valence-electron chi connectivity index (χ1n) is 6.35. The molecule has 0 amide bonds. The van der Waals surface area contributed by atoms with E-state index in [2.05, 4.69) is 9.47 Å². The summed E-state index contributed by atoms with van der Waals surface area (Å²) < 4.78 is 8.51. The number of cyclic esters (lactones) is 2. The number of rotatable bonds is 4. The Morgan fingerprint density at radius 2 is 1.12 bits per heavy atom. The van der Waals surface area contributed by atoms with Crippen molar-refractivity contribution < 1.29 is 77.0 Å². The van der Waals surface area contributed by atoms with Gasteiger partial charge in [-0.3, -0.25) is 0 Å². The van der Waals surface area contributed by atoms with Crippen molar-refractivity contribution in [1.29, 1.82) is 0 Å². The smallest absolute Gasteiger partial charge is 0.865 e. The maximum atomic E-state index is 10.6. The number of aliphatic hydroxyl groups excluding tert-OH is 6. The van der Waals surface area contributed by atoms with Crippen molar-refractivity contribution in [3.8, 4) is 0 Å². The molecule has 0 saturated carbocycles. The van der Waals surface area contributed by atoms with Crippen molar-refractivity contribution in [2.45, 2.75) is 24.4 Å². The zero-order chi connectivity index (χ0) is 18.6. The van der Waals surface area contributed by atoms with Crippen LogP contribution < -0.4 is 10.2 Å². The first-order chi connectivity index (χ1) is 11.1. The van der Waals surface area contributed by atoms with E-state index in [1.807, 2.05) is 0 Å². The molecular weight excluding hydrogens is 400 g/mol. The number of aliphatic hydroxyl groups is 6. The molecule has 2 rings (SSSR count). The molecule has 145 valence electrons. The van der Waals surface area contributed by atoms with Crippen LogP contribution in [0.1, 0.15) is 0 Å². The number of hydrogen-bond donors (Lipinski definition) is 6. The van der Waals surface area contributed by atoms with E-state index in [1.54, 1.807) is 0 Å². The minimum Gasteiger partial charge on any atom is -0.865 e. The molecule has 1 radical (unpaired) electrons. The van der Waals surface area contributed by atoms with Gasteiger partial charge in [0.25, 0.3) is 0 Å². The first kappa shape index (κ1) is 23.0. The molecule has 0 aliphatic carbocycles. The second-order valence-electron chi connectivity index (χ2n) is 4.58. The third-order valence-corrected chi connectivity index (χ3v) is 2.92. The molecule has 0 aromatic rings. The molecule has 2 aliphatic rings. The van der Waals surface area contributed by atoms with E-state index < -0.39 is 72.6 Å². The molecule has 0 bridgehead atoms. The van der Waals surface area contributed by atoms with Gasteiger partial charge in [0.2, 0.25) is 0 Å². The summed E-state index contributed by atoms with van der Waals surface area (Å²) in [5.41, 5.74) is 0.